The summed E-state index contributed by atoms with van der Waals surface area (Å²) in [4.78, 5) is 8.45. The van der Waals surface area contributed by atoms with Crippen LogP contribution in [-0.4, -0.2) is 35.7 Å². The zero-order valence-corrected chi connectivity index (χ0v) is 14.7. The molecule has 2 aromatic carbocycles. The van der Waals surface area contributed by atoms with Crippen LogP contribution in [0.1, 0.15) is 11.1 Å². The fourth-order valence-electron chi connectivity index (χ4n) is 1.71. The molecule has 0 spiro atoms. The van der Waals surface area contributed by atoms with Gasteiger partial charge in [-0.3, -0.25) is 9.98 Å². The number of halogens is 2. The molecule has 6 heteroatoms. The molecule has 2 N–H and O–H groups in total. The van der Waals surface area contributed by atoms with Crippen LogP contribution in [0.5, 0.6) is 11.5 Å². The summed E-state index contributed by atoms with van der Waals surface area (Å²) >= 11 is 6.51. The van der Waals surface area contributed by atoms with Crippen LogP contribution in [0, 0.1) is 0 Å². The van der Waals surface area contributed by atoms with Crippen LogP contribution in [0.25, 0.3) is 0 Å². The van der Waals surface area contributed by atoms with Gasteiger partial charge in [-0.25, -0.2) is 0 Å². The molecule has 0 saturated heterocycles. The maximum absolute atomic E-state index is 9.81. The van der Waals surface area contributed by atoms with Crippen LogP contribution >= 0.6 is 31.9 Å². The molecule has 0 radical (unpaired) electrons. The summed E-state index contributed by atoms with van der Waals surface area (Å²) in [5, 5.41) is 19.6. The van der Waals surface area contributed by atoms with Gasteiger partial charge in [0.25, 0.3) is 0 Å². The second-order valence-electron chi connectivity index (χ2n) is 4.43. The Morgan fingerprint density at radius 2 is 1.18 bits per heavy atom. The van der Waals surface area contributed by atoms with E-state index in [9.17, 15) is 10.2 Å². The first-order valence-electron chi connectivity index (χ1n) is 6.54. The number of aliphatic imine (C=N–C) groups is 2. The van der Waals surface area contributed by atoms with Gasteiger partial charge in [-0.05, 0) is 56.1 Å². The molecular weight excluding hydrogens is 412 g/mol. The lowest BCUT2D eigenvalue weighted by molar-refractivity contribution is 0.470. The summed E-state index contributed by atoms with van der Waals surface area (Å²) in [6.45, 7) is 0.994. The number of hydrogen-bond acceptors (Lipinski definition) is 4. The topological polar surface area (TPSA) is 65.2 Å². The first kappa shape index (κ1) is 16.7. The third-order valence-corrected chi connectivity index (χ3v) is 4.13. The van der Waals surface area contributed by atoms with Gasteiger partial charge in [0.2, 0.25) is 0 Å². The minimum atomic E-state index is 0.175. The van der Waals surface area contributed by atoms with Crippen molar-refractivity contribution in [3.8, 4) is 11.5 Å². The zero-order valence-electron chi connectivity index (χ0n) is 11.6. The average Bonchev–Trinajstić information content (AvgIpc) is 2.51. The van der Waals surface area contributed by atoms with Gasteiger partial charge in [-0.1, -0.05) is 12.1 Å². The lowest BCUT2D eigenvalue weighted by Crippen LogP contribution is -1.91. The maximum atomic E-state index is 9.81. The Labute approximate surface area is 145 Å². The van der Waals surface area contributed by atoms with Crippen LogP contribution in [0.15, 0.2) is 55.3 Å². The molecule has 0 unspecified atom stereocenters. The van der Waals surface area contributed by atoms with Crippen molar-refractivity contribution in [1.29, 1.82) is 0 Å². The van der Waals surface area contributed by atoms with Gasteiger partial charge < -0.3 is 10.2 Å². The van der Waals surface area contributed by atoms with Crippen LogP contribution in [-0.2, 0) is 0 Å². The van der Waals surface area contributed by atoms with Gasteiger partial charge in [0.15, 0.2) is 0 Å². The van der Waals surface area contributed by atoms with Crippen LogP contribution in [0.2, 0.25) is 0 Å². The predicted molar refractivity (Wildman–Crippen MR) is 96.5 cm³/mol. The van der Waals surface area contributed by atoms with E-state index in [0.717, 1.165) is 0 Å². The van der Waals surface area contributed by atoms with Gasteiger partial charge in [-0.2, -0.15) is 0 Å². The number of nitrogens with zero attached hydrogens (tertiary/aromatic N) is 2. The largest absolute Gasteiger partial charge is 0.506 e. The summed E-state index contributed by atoms with van der Waals surface area (Å²) in [6.07, 6.45) is 3.23. The van der Waals surface area contributed by atoms with E-state index in [1.165, 1.54) is 0 Å². The van der Waals surface area contributed by atoms with Crippen molar-refractivity contribution in [3.05, 3.63) is 56.5 Å². The third kappa shape index (κ3) is 4.42. The molecule has 4 nitrogen and oxygen atoms in total. The molecule has 0 heterocycles. The first-order valence-corrected chi connectivity index (χ1v) is 8.13. The number of phenolic OH excluding ortho intramolecular Hbond substituents is 2. The monoisotopic (exact) mass is 424 g/mol. The molecule has 2 aromatic rings. The number of benzene rings is 2. The number of aromatic hydroxyl groups is 2. The molecule has 0 fully saturated rings. The van der Waals surface area contributed by atoms with Gasteiger partial charge in [0.05, 0.1) is 22.0 Å². The third-order valence-electron chi connectivity index (χ3n) is 2.85. The van der Waals surface area contributed by atoms with Crippen molar-refractivity contribution in [2.75, 3.05) is 13.1 Å². The van der Waals surface area contributed by atoms with Crippen LogP contribution in [0.4, 0.5) is 0 Å². The molecule has 0 aliphatic rings. The highest BCUT2D eigenvalue weighted by Crippen LogP contribution is 2.26. The molecule has 0 bridgehead atoms. The maximum Gasteiger partial charge on any atom is 0.138 e. The molecular formula is C16H14Br2N2O2. The van der Waals surface area contributed by atoms with Gasteiger partial charge in [-0.15, -0.1) is 0 Å². The van der Waals surface area contributed by atoms with Crippen molar-refractivity contribution in [2.24, 2.45) is 9.98 Å². The normalized spacial score (nSPS) is 11.5. The van der Waals surface area contributed by atoms with E-state index in [1.807, 2.05) is 12.1 Å². The highest BCUT2D eigenvalue weighted by atomic mass is 79.9. The van der Waals surface area contributed by atoms with Crippen LogP contribution in [0.3, 0.4) is 0 Å². The first-order chi connectivity index (χ1) is 10.6. The number of phenols is 2. The summed E-state index contributed by atoms with van der Waals surface area (Å²) < 4.78 is 1.28. The average molecular weight is 426 g/mol. The fourth-order valence-corrected chi connectivity index (χ4v) is 2.48. The lowest BCUT2D eigenvalue weighted by Gasteiger charge is -2.00. The molecule has 114 valence electrons. The van der Waals surface area contributed by atoms with Crippen LogP contribution < -0.4 is 0 Å². The van der Waals surface area contributed by atoms with E-state index in [0.29, 0.717) is 33.2 Å². The molecule has 0 aliphatic heterocycles. The highest BCUT2D eigenvalue weighted by Gasteiger charge is 2.02. The van der Waals surface area contributed by atoms with Crippen molar-refractivity contribution in [1.82, 2.24) is 0 Å². The van der Waals surface area contributed by atoms with E-state index in [4.69, 9.17) is 0 Å². The molecule has 0 aromatic heterocycles. The Balaban J connectivity index is 1.89. The standard InChI is InChI=1S/C16H14Br2N2O2/c17-13-5-1-3-11(15(13)21)9-19-7-8-20-10-12-4-2-6-14(18)16(12)22/h1-6,9-10,21-22H,7-8H2. The molecule has 0 atom stereocenters. The number of hydrogen-bond donors (Lipinski definition) is 2. The minimum Gasteiger partial charge on any atom is -0.506 e. The van der Waals surface area contributed by atoms with Crippen molar-refractivity contribution >= 4 is 44.3 Å². The Hall–Kier alpha value is -1.66. The molecule has 0 amide bonds. The van der Waals surface area contributed by atoms with Gasteiger partial charge >= 0.3 is 0 Å². The highest BCUT2D eigenvalue weighted by molar-refractivity contribution is 9.10. The van der Waals surface area contributed by atoms with E-state index >= 15 is 0 Å². The minimum absolute atomic E-state index is 0.175. The van der Waals surface area contributed by atoms with Crippen molar-refractivity contribution < 1.29 is 10.2 Å². The molecule has 0 saturated carbocycles. The van der Waals surface area contributed by atoms with E-state index < -0.39 is 0 Å². The van der Waals surface area contributed by atoms with E-state index in [2.05, 4.69) is 41.8 Å². The lowest BCUT2D eigenvalue weighted by atomic mass is 10.2. The second kappa shape index (κ2) is 8.10. The quantitative estimate of drug-likeness (QED) is 0.557. The fraction of sp³-hybridized carbons (Fsp3) is 0.125. The SMILES string of the molecule is Oc1c(Br)cccc1C=NCCN=Cc1cccc(Br)c1O. The molecule has 2 rings (SSSR count). The Morgan fingerprint density at radius 1 is 0.773 bits per heavy atom. The van der Waals surface area contributed by atoms with Gasteiger partial charge in [0.1, 0.15) is 11.5 Å². The molecule has 22 heavy (non-hydrogen) atoms. The van der Waals surface area contributed by atoms with E-state index in [1.54, 1.807) is 36.7 Å². The Bertz CT molecular complexity index is 654. The Kier molecular flexibility index (Phi) is 6.15. The van der Waals surface area contributed by atoms with Gasteiger partial charge in [0, 0.05) is 23.6 Å². The molecule has 0 aliphatic carbocycles. The summed E-state index contributed by atoms with van der Waals surface area (Å²) in [7, 11) is 0. The second-order valence-corrected chi connectivity index (χ2v) is 6.13. The summed E-state index contributed by atoms with van der Waals surface area (Å²) in [6, 6.07) is 10.8. The predicted octanol–water partition coefficient (Wildman–Crippen LogP) is 4.16. The number of para-hydroxylation sites is 2. The van der Waals surface area contributed by atoms with Crippen molar-refractivity contribution in [2.45, 2.75) is 0 Å². The summed E-state index contributed by atoms with van der Waals surface area (Å²) in [5.74, 6) is 0.350. The Morgan fingerprint density at radius 3 is 1.59 bits per heavy atom. The van der Waals surface area contributed by atoms with E-state index in [-0.39, 0.29) is 11.5 Å². The zero-order chi connectivity index (χ0) is 15.9. The van der Waals surface area contributed by atoms with Crippen molar-refractivity contribution in [3.63, 3.8) is 0 Å². The number of rotatable bonds is 5. The summed E-state index contributed by atoms with van der Waals surface area (Å²) in [5.41, 5.74) is 1.31. The smallest absolute Gasteiger partial charge is 0.138 e.